The van der Waals surface area contributed by atoms with Crippen LogP contribution in [0, 0.1) is 5.82 Å². The van der Waals surface area contributed by atoms with Crippen molar-refractivity contribution in [2.75, 3.05) is 18.9 Å². The molecular formula is C12H19FN2O. The van der Waals surface area contributed by atoms with E-state index in [1.165, 1.54) is 12.1 Å². The van der Waals surface area contributed by atoms with Crippen molar-refractivity contribution in [2.45, 2.75) is 26.4 Å². The van der Waals surface area contributed by atoms with Gasteiger partial charge in [-0.15, -0.1) is 0 Å². The molecule has 1 rings (SSSR count). The molecule has 0 saturated heterocycles. The molecule has 0 aliphatic heterocycles. The molecule has 3 N–H and O–H groups in total. The summed E-state index contributed by atoms with van der Waals surface area (Å²) in [6, 6.07) is 4.74. The van der Waals surface area contributed by atoms with E-state index in [9.17, 15) is 4.39 Å². The summed E-state index contributed by atoms with van der Waals surface area (Å²) in [4.78, 5) is 2.09. The highest BCUT2D eigenvalue weighted by molar-refractivity contribution is 5.46. The summed E-state index contributed by atoms with van der Waals surface area (Å²) in [5, 5.41) is 8.94. The zero-order chi connectivity index (χ0) is 12.1. The van der Waals surface area contributed by atoms with Crippen molar-refractivity contribution in [1.82, 2.24) is 4.90 Å². The minimum absolute atomic E-state index is 0.110. The van der Waals surface area contributed by atoms with Crippen molar-refractivity contribution < 1.29 is 9.50 Å². The molecule has 0 aliphatic carbocycles. The van der Waals surface area contributed by atoms with Crippen LogP contribution in [0.4, 0.5) is 10.1 Å². The molecule has 0 fully saturated rings. The van der Waals surface area contributed by atoms with Crippen LogP contribution < -0.4 is 5.73 Å². The van der Waals surface area contributed by atoms with Crippen LogP contribution in [0.1, 0.15) is 19.4 Å². The second-order valence-corrected chi connectivity index (χ2v) is 4.13. The Labute approximate surface area is 95.7 Å². The summed E-state index contributed by atoms with van der Waals surface area (Å²) in [7, 11) is 0. The van der Waals surface area contributed by atoms with E-state index < -0.39 is 0 Å². The maximum absolute atomic E-state index is 12.9. The zero-order valence-electron chi connectivity index (χ0n) is 9.78. The fourth-order valence-electron chi connectivity index (χ4n) is 1.58. The van der Waals surface area contributed by atoms with Gasteiger partial charge in [-0.2, -0.15) is 0 Å². The first-order valence-corrected chi connectivity index (χ1v) is 5.43. The van der Waals surface area contributed by atoms with Crippen molar-refractivity contribution in [3.8, 4) is 0 Å². The Bertz CT molecular complexity index is 342. The Hall–Kier alpha value is -1.13. The fourth-order valence-corrected chi connectivity index (χ4v) is 1.58. The number of anilines is 1. The Morgan fingerprint density at radius 2 is 2.12 bits per heavy atom. The highest BCUT2D eigenvalue weighted by atomic mass is 19.1. The molecule has 0 saturated carbocycles. The van der Waals surface area contributed by atoms with Gasteiger partial charge in [-0.25, -0.2) is 4.39 Å². The maximum atomic E-state index is 12.9. The number of rotatable bonds is 5. The minimum atomic E-state index is -0.320. The molecule has 0 spiro atoms. The maximum Gasteiger partial charge on any atom is 0.125 e. The lowest BCUT2D eigenvalue weighted by Crippen LogP contribution is -2.33. The summed E-state index contributed by atoms with van der Waals surface area (Å²) in [6.07, 6.45) is 0. The summed E-state index contributed by atoms with van der Waals surface area (Å²) < 4.78 is 12.9. The number of halogens is 1. The second kappa shape index (κ2) is 5.82. The van der Waals surface area contributed by atoms with Crippen molar-refractivity contribution in [3.63, 3.8) is 0 Å². The molecule has 0 bridgehead atoms. The summed E-state index contributed by atoms with van der Waals surface area (Å²) in [5.74, 6) is -0.320. The van der Waals surface area contributed by atoms with Gasteiger partial charge in [0.2, 0.25) is 0 Å². The van der Waals surface area contributed by atoms with E-state index in [2.05, 4.69) is 18.7 Å². The first-order valence-electron chi connectivity index (χ1n) is 5.43. The Balaban J connectivity index is 2.77. The van der Waals surface area contributed by atoms with Gasteiger partial charge in [-0.1, -0.05) is 6.07 Å². The number of aliphatic hydroxyl groups is 1. The largest absolute Gasteiger partial charge is 0.398 e. The Morgan fingerprint density at radius 3 is 2.62 bits per heavy atom. The van der Waals surface area contributed by atoms with Crippen LogP contribution in [-0.4, -0.2) is 29.2 Å². The van der Waals surface area contributed by atoms with E-state index in [0.29, 0.717) is 24.8 Å². The first kappa shape index (κ1) is 12.9. The molecule has 0 heterocycles. The number of hydrogen-bond donors (Lipinski definition) is 2. The number of aliphatic hydroxyl groups excluding tert-OH is 1. The number of benzene rings is 1. The minimum Gasteiger partial charge on any atom is -0.398 e. The fraction of sp³-hybridized carbons (Fsp3) is 0.500. The van der Waals surface area contributed by atoms with Crippen molar-refractivity contribution in [1.29, 1.82) is 0 Å². The second-order valence-electron chi connectivity index (χ2n) is 4.13. The molecule has 0 unspecified atom stereocenters. The first-order chi connectivity index (χ1) is 7.54. The van der Waals surface area contributed by atoms with E-state index in [4.69, 9.17) is 10.8 Å². The van der Waals surface area contributed by atoms with Gasteiger partial charge in [0.15, 0.2) is 0 Å². The van der Waals surface area contributed by atoms with Gasteiger partial charge in [-0.3, -0.25) is 4.90 Å². The number of nitrogens with zero attached hydrogens (tertiary/aromatic N) is 1. The van der Waals surface area contributed by atoms with Gasteiger partial charge in [0.1, 0.15) is 5.82 Å². The van der Waals surface area contributed by atoms with E-state index in [-0.39, 0.29) is 12.4 Å². The molecule has 0 atom stereocenters. The SMILES string of the molecule is CC(C)N(CCO)Cc1ccc(F)cc1N. The molecule has 0 aliphatic rings. The van der Waals surface area contributed by atoms with Crippen LogP contribution in [0.5, 0.6) is 0 Å². The average molecular weight is 226 g/mol. The summed E-state index contributed by atoms with van der Waals surface area (Å²) in [5.41, 5.74) is 7.09. The van der Waals surface area contributed by atoms with Gasteiger partial charge in [0, 0.05) is 24.8 Å². The molecule has 0 amide bonds. The molecule has 90 valence electrons. The third-order valence-corrected chi connectivity index (χ3v) is 2.60. The van der Waals surface area contributed by atoms with Crippen LogP contribution in [0.25, 0.3) is 0 Å². The lowest BCUT2D eigenvalue weighted by atomic mass is 10.1. The van der Waals surface area contributed by atoms with E-state index >= 15 is 0 Å². The van der Waals surface area contributed by atoms with Gasteiger partial charge >= 0.3 is 0 Å². The smallest absolute Gasteiger partial charge is 0.125 e. The highest BCUT2D eigenvalue weighted by Gasteiger charge is 2.11. The van der Waals surface area contributed by atoms with Crippen molar-refractivity contribution in [3.05, 3.63) is 29.6 Å². The Kier molecular flexibility index (Phi) is 4.71. The van der Waals surface area contributed by atoms with E-state index in [1.54, 1.807) is 6.07 Å². The monoisotopic (exact) mass is 226 g/mol. The topological polar surface area (TPSA) is 49.5 Å². The predicted octanol–water partition coefficient (Wildman–Crippen LogP) is 1.61. The third-order valence-electron chi connectivity index (χ3n) is 2.60. The molecular weight excluding hydrogens is 207 g/mol. The van der Waals surface area contributed by atoms with Crippen LogP contribution in [0.3, 0.4) is 0 Å². The van der Waals surface area contributed by atoms with Gasteiger partial charge in [-0.05, 0) is 31.5 Å². The predicted molar refractivity (Wildman–Crippen MR) is 63.4 cm³/mol. The van der Waals surface area contributed by atoms with Crippen molar-refractivity contribution >= 4 is 5.69 Å². The van der Waals surface area contributed by atoms with Gasteiger partial charge in [0.25, 0.3) is 0 Å². The lowest BCUT2D eigenvalue weighted by Gasteiger charge is -2.26. The molecule has 4 heteroatoms. The molecule has 16 heavy (non-hydrogen) atoms. The number of nitrogens with two attached hydrogens (primary N) is 1. The van der Waals surface area contributed by atoms with Gasteiger partial charge < -0.3 is 10.8 Å². The Morgan fingerprint density at radius 1 is 1.44 bits per heavy atom. The summed E-state index contributed by atoms with van der Waals surface area (Å²) in [6.45, 7) is 5.43. The molecule has 1 aromatic rings. The third kappa shape index (κ3) is 3.47. The van der Waals surface area contributed by atoms with Gasteiger partial charge in [0.05, 0.1) is 6.61 Å². The van der Waals surface area contributed by atoms with E-state index in [1.807, 2.05) is 0 Å². The van der Waals surface area contributed by atoms with Crippen LogP contribution in [0.15, 0.2) is 18.2 Å². The normalized spacial score (nSPS) is 11.4. The number of nitrogen functional groups attached to an aromatic ring is 1. The lowest BCUT2D eigenvalue weighted by molar-refractivity contribution is 0.159. The van der Waals surface area contributed by atoms with Crippen molar-refractivity contribution in [2.24, 2.45) is 0 Å². The molecule has 0 radical (unpaired) electrons. The average Bonchev–Trinajstić information content (AvgIpc) is 2.20. The van der Waals surface area contributed by atoms with Crippen LogP contribution >= 0.6 is 0 Å². The molecule has 3 nitrogen and oxygen atoms in total. The molecule has 1 aromatic carbocycles. The zero-order valence-corrected chi connectivity index (χ0v) is 9.78. The quantitative estimate of drug-likeness (QED) is 0.750. The molecule has 0 aromatic heterocycles. The van der Waals surface area contributed by atoms with E-state index in [0.717, 1.165) is 5.56 Å². The standard InChI is InChI=1S/C12H19FN2O/c1-9(2)15(5-6-16)8-10-3-4-11(13)7-12(10)14/h3-4,7,9,16H,5-6,8,14H2,1-2H3. The summed E-state index contributed by atoms with van der Waals surface area (Å²) >= 11 is 0. The van der Waals surface area contributed by atoms with Crippen LogP contribution in [0.2, 0.25) is 0 Å². The highest BCUT2D eigenvalue weighted by Crippen LogP contribution is 2.16. The number of hydrogen-bond acceptors (Lipinski definition) is 3. The van der Waals surface area contributed by atoms with Crippen LogP contribution in [-0.2, 0) is 6.54 Å².